The predicted molar refractivity (Wildman–Crippen MR) is 121 cm³/mol. The van der Waals surface area contributed by atoms with Gasteiger partial charge in [0.1, 0.15) is 11.6 Å². The van der Waals surface area contributed by atoms with Gasteiger partial charge in [0.05, 0.1) is 11.0 Å². The molecule has 1 aliphatic heterocycles. The molecule has 1 aliphatic rings. The molecule has 1 amide bonds. The molecule has 1 saturated heterocycles. The lowest BCUT2D eigenvalue weighted by Crippen LogP contribution is -2.24. The van der Waals surface area contributed by atoms with Crippen molar-refractivity contribution in [2.45, 2.75) is 32.7 Å². The number of carbonyl (C=O) groups is 1. The molecule has 5 rings (SSSR count). The molecule has 5 heteroatoms. The molecule has 1 atom stereocenters. The third kappa shape index (κ3) is 3.61. The second-order valence-electron chi connectivity index (χ2n) is 8.36. The Morgan fingerprint density at radius 1 is 1.03 bits per heavy atom. The molecule has 0 radical (unpaired) electrons. The number of para-hydroxylation sites is 2. The highest BCUT2D eigenvalue weighted by Crippen LogP contribution is 2.34. The fraction of sp³-hybridized carbons (Fsp3) is 0.231. The van der Waals surface area contributed by atoms with E-state index >= 15 is 0 Å². The summed E-state index contributed by atoms with van der Waals surface area (Å²) in [6, 6.07) is 20.8. The van der Waals surface area contributed by atoms with Gasteiger partial charge in [-0.15, -0.1) is 0 Å². The van der Waals surface area contributed by atoms with Gasteiger partial charge in [0.15, 0.2) is 0 Å². The van der Waals surface area contributed by atoms with Crippen LogP contribution < -0.4 is 4.90 Å². The molecule has 156 valence electrons. The second-order valence-corrected chi connectivity index (χ2v) is 8.36. The third-order valence-corrected chi connectivity index (χ3v) is 6.13. The van der Waals surface area contributed by atoms with Crippen molar-refractivity contribution in [2.24, 2.45) is 0 Å². The van der Waals surface area contributed by atoms with E-state index in [1.54, 1.807) is 17.0 Å². The van der Waals surface area contributed by atoms with Crippen LogP contribution in [0.4, 0.5) is 10.1 Å². The number of fused-ring (bicyclic) bond motifs is 1. The highest BCUT2D eigenvalue weighted by atomic mass is 19.1. The average molecular weight is 413 g/mol. The summed E-state index contributed by atoms with van der Waals surface area (Å²) in [4.78, 5) is 19.4. The maximum Gasteiger partial charge on any atom is 0.227 e. The van der Waals surface area contributed by atoms with Gasteiger partial charge in [-0.1, -0.05) is 42.0 Å². The summed E-state index contributed by atoms with van der Waals surface area (Å²) >= 11 is 0. The number of carbonyl (C=O) groups excluding carboxylic acids is 1. The molecule has 0 N–H and O–H groups in total. The molecular weight excluding hydrogens is 389 g/mol. The van der Waals surface area contributed by atoms with Crippen LogP contribution in [0, 0.1) is 19.7 Å². The lowest BCUT2D eigenvalue weighted by atomic mass is 10.0. The number of halogens is 1. The van der Waals surface area contributed by atoms with E-state index in [1.165, 1.54) is 28.8 Å². The maximum absolute atomic E-state index is 13.7. The molecule has 31 heavy (non-hydrogen) atoms. The van der Waals surface area contributed by atoms with E-state index in [2.05, 4.69) is 42.7 Å². The number of anilines is 1. The molecule has 0 spiro atoms. The van der Waals surface area contributed by atoms with Crippen molar-refractivity contribution in [1.29, 1.82) is 0 Å². The smallest absolute Gasteiger partial charge is 0.227 e. The Hall–Kier alpha value is -3.47. The van der Waals surface area contributed by atoms with Crippen molar-refractivity contribution in [3.05, 3.63) is 95.1 Å². The number of aryl methyl sites for hydroxylation is 2. The minimum absolute atomic E-state index is 0.000872. The third-order valence-electron chi connectivity index (χ3n) is 6.13. The number of nitrogens with zero attached hydrogens (tertiary/aromatic N) is 3. The molecule has 1 unspecified atom stereocenters. The summed E-state index contributed by atoms with van der Waals surface area (Å²) in [5.41, 5.74) is 6.30. The highest BCUT2D eigenvalue weighted by molar-refractivity contribution is 5.96. The first kappa shape index (κ1) is 19.5. The molecule has 0 aliphatic carbocycles. The Labute approximate surface area is 181 Å². The Bertz CT molecular complexity index is 1290. The summed E-state index contributed by atoms with van der Waals surface area (Å²) in [6.07, 6.45) is 0.368. The van der Waals surface area contributed by atoms with Gasteiger partial charge in [-0.05, 0) is 55.3 Å². The summed E-state index contributed by atoms with van der Waals surface area (Å²) in [7, 11) is 0. The van der Waals surface area contributed by atoms with Crippen LogP contribution >= 0.6 is 0 Å². The highest BCUT2D eigenvalue weighted by Gasteiger charge is 2.35. The van der Waals surface area contributed by atoms with Gasteiger partial charge in [0, 0.05) is 31.1 Å². The number of benzene rings is 3. The summed E-state index contributed by atoms with van der Waals surface area (Å²) in [6.45, 7) is 5.42. The summed E-state index contributed by atoms with van der Waals surface area (Å²) < 4.78 is 16.0. The van der Waals surface area contributed by atoms with Crippen molar-refractivity contribution >= 4 is 22.6 Å². The zero-order valence-electron chi connectivity index (χ0n) is 17.7. The van der Waals surface area contributed by atoms with Gasteiger partial charge in [-0.3, -0.25) is 4.79 Å². The van der Waals surface area contributed by atoms with E-state index in [0.717, 1.165) is 16.9 Å². The van der Waals surface area contributed by atoms with Crippen molar-refractivity contribution in [1.82, 2.24) is 9.55 Å². The molecule has 1 aromatic heterocycles. The van der Waals surface area contributed by atoms with Crippen molar-refractivity contribution in [3.8, 4) is 0 Å². The van der Waals surface area contributed by atoms with E-state index in [4.69, 9.17) is 4.98 Å². The number of hydrogen-bond donors (Lipinski definition) is 0. The Morgan fingerprint density at radius 2 is 1.87 bits per heavy atom. The van der Waals surface area contributed by atoms with Crippen molar-refractivity contribution in [2.75, 3.05) is 11.4 Å². The van der Waals surface area contributed by atoms with Gasteiger partial charge in [-0.25, -0.2) is 9.37 Å². The largest absolute Gasteiger partial charge is 0.323 e. The number of hydrogen-bond acceptors (Lipinski definition) is 2. The van der Waals surface area contributed by atoms with Crippen LogP contribution in [-0.4, -0.2) is 22.0 Å². The molecule has 3 aromatic carbocycles. The Balaban J connectivity index is 1.55. The van der Waals surface area contributed by atoms with Crippen LogP contribution in [-0.2, 0) is 11.3 Å². The number of aromatic nitrogens is 2. The second kappa shape index (κ2) is 7.65. The fourth-order valence-corrected chi connectivity index (χ4v) is 4.49. The topological polar surface area (TPSA) is 38.1 Å². The van der Waals surface area contributed by atoms with Crippen molar-refractivity contribution in [3.63, 3.8) is 0 Å². The monoisotopic (exact) mass is 413 g/mol. The van der Waals surface area contributed by atoms with Crippen LogP contribution in [0.5, 0.6) is 0 Å². The quantitative estimate of drug-likeness (QED) is 0.452. The first-order chi connectivity index (χ1) is 15.0. The normalized spacial score (nSPS) is 16.4. The standard InChI is InChI=1S/C26H24FN3O/c1-17-10-11-18(2)19(12-17)15-30-24-9-4-3-8-23(24)28-26(30)20-13-25(31)29(16-20)22-7-5-6-21(27)14-22/h3-12,14,20H,13,15-16H2,1-2H3. The fourth-order valence-electron chi connectivity index (χ4n) is 4.49. The van der Waals surface area contributed by atoms with Gasteiger partial charge in [0.25, 0.3) is 0 Å². The number of amides is 1. The van der Waals surface area contributed by atoms with Crippen LogP contribution in [0.3, 0.4) is 0 Å². The predicted octanol–water partition coefficient (Wildman–Crippen LogP) is 5.36. The van der Waals surface area contributed by atoms with Gasteiger partial charge >= 0.3 is 0 Å². The molecule has 2 heterocycles. The summed E-state index contributed by atoms with van der Waals surface area (Å²) in [5.74, 6) is 0.527. The maximum atomic E-state index is 13.7. The van der Waals surface area contributed by atoms with E-state index in [1.807, 2.05) is 18.2 Å². The lowest BCUT2D eigenvalue weighted by molar-refractivity contribution is -0.117. The molecule has 0 bridgehead atoms. The Morgan fingerprint density at radius 3 is 2.71 bits per heavy atom. The van der Waals surface area contributed by atoms with E-state index in [0.29, 0.717) is 25.2 Å². The molecule has 0 saturated carbocycles. The van der Waals surface area contributed by atoms with E-state index in [-0.39, 0.29) is 17.6 Å². The first-order valence-corrected chi connectivity index (χ1v) is 10.6. The molecular formula is C26H24FN3O. The van der Waals surface area contributed by atoms with Gasteiger partial charge in [-0.2, -0.15) is 0 Å². The van der Waals surface area contributed by atoms with Crippen LogP contribution in [0.15, 0.2) is 66.7 Å². The zero-order valence-corrected chi connectivity index (χ0v) is 17.7. The van der Waals surface area contributed by atoms with Gasteiger partial charge in [0.2, 0.25) is 5.91 Å². The van der Waals surface area contributed by atoms with Crippen LogP contribution in [0.2, 0.25) is 0 Å². The number of imidazole rings is 1. The van der Waals surface area contributed by atoms with Gasteiger partial charge < -0.3 is 9.47 Å². The van der Waals surface area contributed by atoms with Crippen LogP contribution in [0.1, 0.15) is 34.9 Å². The SMILES string of the molecule is Cc1ccc(C)c(Cn2c(C3CC(=O)N(c4cccc(F)c4)C3)nc3ccccc32)c1. The first-order valence-electron chi connectivity index (χ1n) is 10.6. The zero-order chi connectivity index (χ0) is 21.5. The van der Waals surface area contributed by atoms with E-state index < -0.39 is 0 Å². The molecule has 4 nitrogen and oxygen atoms in total. The van der Waals surface area contributed by atoms with Crippen molar-refractivity contribution < 1.29 is 9.18 Å². The molecule has 4 aromatic rings. The summed E-state index contributed by atoms with van der Waals surface area (Å²) in [5, 5.41) is 0. The van der Waals surface area contributed by atoms with Crippen LogP contribution in [0.25, 0.3) is 11.0 Å². The minimum atomic E-state index is -0.337. The average Bonchev–Trinajstić information content (AvgIpc) is 3.31. The number of rotatable bonds is 4. The molecule has 1 fully saturated rings. The lowest BCUT2D eigenvalue weighted by Gasteiger charge is -2.18. The minimum Gasteiger partial charge on any atom is -0.323 e. The Kier molecular flexibility index (Phi) is 4.81. The van der Waals surface area contributed by atoms with E-state index in [9.17, 15) is 9.18 Å².